The molecule has 0 amide bonds. The lowest BCUT2D eigenvalue weighted by Gasteiger charge is -2.29. The molecule has 3 rings (SSSR count). The molecule has 0 heterocycles. The van der Waals surface area contributed by atoms with E-state index in [1.807, 2.05) is 12.3 Å². The van der Waals surface area contributed by atoms with Crippen LogP contribution in [-0.4, -0.2) is 13.1 Å². The van der Waals surface area contributed by atoms with E-state index in [1.165, 1.54) is 40.8 Å². The number of anilines is 1. The van der Waals surface area contributed by atoms with Gasteiger partial charge >= 0.3 is 0 Å². The molecule has 2 N–H and O–H groups in total. The fourth-order valence-electron chi connectivity index (χ4n) is 3.75. The molecule has 136 valence electrons. The summed E-state index contributed by atoms with van der Waals surface area (Å²) in [6.07, 6.45) is 8.59. The van der Waals surface area contributed by atoms with Gasteiger partial charge in [0.1, 0.15) is 0 Å². The molecule has 2 atom stereocenters. The van der Waals surface area contributed by atoms with Crippen LogP contribution in [0.1, 0.15) is 49.7 Å². The fourth-order valence-corrected chi connectivity index (χ4v) is 3.75. The topological polar surface area (TPSA) is 24.1 Å². The van der Waals surface area contributed by atoms with Crippen LogP contribution >= 0.6 is 0 Å². The van der Waals surface area contributed by atoms with Crippen LogP contribution < -0.4 is 10.6 Å². The third kappa shape index (κ3) is 4.25. The number of benzene rings is 2. The first-order valence-corrected chi connectivity index (χ1v) is 9.67. The Morgan fingerprint density at radius 3 is 2.38 bits per heavy atom. The Morgan fingerprint density at radius 1 is 1.00 bits per heavy atom. The first kappa shape index (κ1) is 18.5. The summed E-state index contributed by atoms with van der Waals surface area (Å²) in [5.74, 6) is 1.26. The second kappa shape index (κ2) is 8.86. The summed E-state index contributed by atoms with van der Waals surface area (Å²) in [6, 6.07) is 15.5. The van der Waals surface area contributed by atoms with E-state index in [2.05, 4.69) is 79.6 Å². The molecule has 0 radical (unpaired) electrons. The third-order valence-corrected chi connectivity index (χ3v) is 5.31. The van der Waals surface area contributed by atoms with Gasteiger partial charge in [-0.15, -0.1) is 6.58 Å². The van der Waals surface area contributed by atoms with E-state index in [0.29, 0.717) is 11.8 Å². The Labute approximate surface area is 158 Å². The molecule has 2 unspecified atom stereocenters. The molecular formula is C24H30N2. The van der Waals surface area contributed by atoms with Crippen LogP contribution in [0.4, 0.5) is 5.69 Å². The second-order valence-corrected chi connectivity index (χ2v) is 7.27. The molecule has 0 aliphatic heterocycles. The summed E-state index contributed by atoms with van der Waals surface area (Å²) in [5, 5.41) is 6.81. The van der Waals surface area contributed by atoms with Crippen molar-refractivity contribution in [3.63, 3.8) is 0 Å². The van der Waals surface area contributed by atoms with Gasteiger partial charge in [-0.2, -0.15) is 0 Å². The summed E-state index contributed by atoms with van der Waals surface area (Å²) in [5.41, 5.74) is 6.76. The number of hydrogen-bond donors (Lipinski definition) is 2. The molecule has 0 spiro atoms. The minimum absolute atomic E-state index is 0.629. The van der Waals surface area contributed by atoms with Gasteiger partial charge < -0.3 is 10.6 Å². The third-order valence-electron chi connectivity index (χ3n) is 5.31. The van der Waals surface area contributed by atoms with Gasteiger partial charge in [0.15, 0.2) is 0 Å². The van der Waals surface area contributed by atoms with E-state index in [4.69, 9.17) is 0 Å². The van der Waals surface area contributed by atoms with Gasteiger partial charge in [0, 0.05) is 24.3 Å². The van der Waals surface area contributed by atoms with Crippen molar-refractivity contribution in [3.8, 4) is 11.1 Å². The van der Waals surface area contributed by atoms with E-state index in [9.17, 15) is 0 Å². The molecule has 2 heteroatoms. The first-order chi connectivity index (χ1) is 12.7. The van der Waals surface area contributed by atoms with Gasteiger partial charge in [-0.05, 0) is 59.7 Å². The van der Waals surface area contributed by atoms with Crippen LogP contribution in [0.3, 0.4) is 0 Å². The Bertz CT molecular complexity index is 761. The lowest BCUT2D eigenvalue weighted by atomic mass is 9.77. The van der Waals surface area contributed by atoms with E-state index >= 15 is 0 Å². The predicted octanol–water partition coefficient (Wildman–Crippen LogP) is 6.06. The molecule has 0 saturated carbocycles. The molecule has 26 heavy (non-hydrogen) atoms. The minimum Gasteiger partial charge on any atom is -0.361 e. The summed E-state index contributed by atoms with van der Waals surface area (Å²) >= 11 is 0. The Balaban J connectivity index is 1.93. The summed E-state index contributed by atoms with van der Waals surface area (Å²) in [6.45, 7) is 10.1. The quantitative estimate of drug-likeness (QED) is 0.470. The normalized spacial score (nSPS) is 19.3. The van der Waals surface area contributed by atoms with E-state index < -0.39 is 0 Å². The smallest absolute Gasteiger partial charge is 0.0462 e. The first-order valence-electron chi connectivity index (χ1n) is 9.67. The molecule has 2 nitrogen and oxygen atoms in total. The van der Waals surface area contributed by atoms with Crippen LogP contribution in [0.2, 0.25) is 0 Å². The maximum atomic E-state index is 3.72. The summed E-state index contributed by atoms with van der Waals surface area (Å²) < 4.78 is 0. The van der Waals surface area contributed by atoms with E-state index in [1.54, 1.807) is 0 Å². The Kier molecular flexibility index (Phi) is 6.30. The molecule has 2 aromatic carbocycles. The van der Waals surface area contributed by atoms with Crippen LogP contribution in [0, 0.1) is 0 Å². The van der Waals surface area contributed by atoms with Crippen molar-refractivity contribution in [3.05, 3.63) is 78.5 Å². The maximum absolute atomic E-state index is 3.72. The average Bonchev–Trinajstić information content (AvgIpc) is 2.68. The molecule has 1 aliphatic carbocycles. The number of nitrogens with one attached hydrogen (secondary N) is 2. The zero-order chi connectivity index (χ0) is 18.4. The van der Waals surface area contributed by atoms with Crippen molar-refractivity contribution in [2.24, 2.45) is 0 Å². The van der Waals surface area contributed by atoms with Crippen LogP contribution in [0.15, 0.2) is 67.4 Å². The largest absolute Gasteiger partial charge is 0.361 e. The lowest BCUT2D eigenvalue weighted by Crippen LogP contribution is -2.13. The van der Waals surface area contributed by atoms with Crippen molar-refractivity contribution >= 4 is 5.69 Å². The Hall–Kier alpha value is -2.32. The van der Waals surface area contributed by atoms with Gasteiger partial charge in [-0.1, -0.05) is 56.3 Å². The van der Waals surface area contributed by atoms with Crippen molar-refractivity contribution in [2.45, 2.75) is 38.5 Å². The van der Waals surface area contributed by atoms with Crippen molar-refractivity contribution in [1.82, 2.24) is 5.32 Å². The van der Waals surface area contributed by atoms with Crippen LogP contribution in [-0.2, 0) is 0 Å². The van der Waals surface area contributed by atoms with Gasteiger partial charge in [0.2, 0.25) is 0 Å². The average molecular weight is 347 g/mol. The summed E-state index contributed by atoms with van der Waals surface area (Å²) in [7, 11) is 0. The van der Waals surface area contributed by atoms with Gasteiger partial charge in [0.25, 0.3) is 0 Å². The monoisotopic (exact) mass is 346 g/mol. The minimum atomic E-state index is 0.629. The molecule has 0 saturated heterocycles. The predicted molar refractivity (Wildman–Crippen MR) is 114 cm³/mol. The fraction of sp³-hybridized carbons (Fsp3) is 0.333. The zero-order valence-electron chi connectivity index (χ0n) is 16.0. The van der Waals surface area contributed by atoms with E-state index in [-0.39, 0.29) is 0 Å². The standard InChI is InChI=1S/C24H30N2/c1-4-13-25-14-8-15-26-24-17-22-19(3)12-11-18(2)21(22)16-23(24)20-9-6-5-7-10-20/h4-10,15-19,25-26H,1,11-14H2,2-3H3/b15-8+. The molecule has 0 aromatic heterocycles. The van der Waals surface area contributed by atoms with E-state index in [0.717, 1.165) is 13.1 Å². The molecule has 0 bridgehead atoms. The van der Waals surface area contributed by atoms with Gasteiger partial charge in [-0.3, -0.25) is 0 Å². The maximum Gasteiger partial charge on any atom is 0.0462 e. The highest BCUT2D eigenvalue weighted by Gasteiger charge is 2.23. The van der Waals surface area contributed by atoms with Crippen molar-refractivity contribution in [1.29, 1.82) is 0 Å². The summed E-state index contributed by atoms with van der Waals surface area (Å²) in [4.78, 5) is 0. The number of rotatable bonds is 7. The molecule has 1 aliphatic rings. The number of hydrogen-bond acceptors (Lipinski definition) is 2. The van der Waals surface area contributed by atoms with Crippen LogP contribution in [0.25, 0.3) is 11.1 Å². The van der Waals surface area contributed by atoms with Crippen molar-refractivity contribution in [2.75, 3.05) is 18.4 Å². The molecule has 0 fully saturated rings. The molecular weight excluding hydrogens is 316 g/mol. The van der Waals surface area contributed by atoms with Gasteiger partial charge in [0.05, 0.1) is 0 Å². The Morgan fingerprint density at radius 2 is 1.69 bits per heavy atom. The highest BCUT2D eigenvalue weighted by atomic mass is 14.9. The van der Waals surface area contributed by atoms with Crippen LogP contribution in [0.5, 0.6) is 0 Å². The molecule has 2 aromatic rings. The highest BCUT2D eigenvalue weighted by Crippen LogP contribution is 2.43. The SMILES string of the molecule is C=CCNC/C=C/Nc1cc2c(cc1-c1ccccc1)C(C)CCC2C. The number of fused-ring (bicyclic) bond motifs is 1. The van der Waals surface area contributed by atoms with Crippen molar-refractivity contribution < 1.29 is 0 Å². The second-order valence-electron chi connectivity index (χ2n) is 7.27. The lowest BCUT2D eigenvalue weighted by molar-refractivity contribution is 0.528. The van der Waals surface area contributed by atoms with Gasteiger partial charge in [-0.25, -0.2) is 0 Å². The highest BCUT2D eigenvalue weighted by molar-refractivity contribution is 5.80. The zero-order valence-corrected chi connectivity index (χ0v) is 16.0.